The molecule has 6 heteroatoms. The summed E-state index contributed by atoms with van der Waals surface area (Å²) in [4.78, 5) is 23.3. The van der Waals surface area contributed by atoms with Crippen molar-refractivity contribution in [1.29, 1.82) is 0 Å². The van der Waals surface area contributed by atoms with E-state index in [4.69, 9.17) is 9.84 Å². The molecule has 0 spiro atoms. The number of Topliss-reactive ketones (excluding diaryl/α,β-unsaturated/α-hetero) is 1. The van der Waals surface area contributed by atoms with Gasteiger partial charge < -0.3 is 9.84 Å². The highest BCUT2D eigenvalue weighted by Crippen LogP contribution is 2.45. The molecule has 1 amide bonds. The molecule has 2 N–H and O–H groups in total. The third-order valence-corrected chi connectivity index (χ3v) is 4.20. The van der Waals surface area contributed by atoms with Gasteiger partial charge in [0.2, 0.25) is 0 Å². The summed E-state index contributed by atoms with van der Waals surface area (Å²) >= 11 is 0. The maximum Gasteiger partial charge on any atom is 0.409 e. The van der Waals surface area contributed by atoms with Crippen LogP contribution in [0.2, 0.25) is 0 Å². The lowest BCUT2D eigenvalue weighted by Gasteiger charge is -2.36. The average Bonchev–Trinajstić information content (AvgIpc) is 2.52. The summed E-state index contributed by atoms with van der Waals surface area (Å²) < 4.78 is 19.4. The van der Waals surface area contributed by atoms with Gasteiger partial charge in [0, 0.05) is 28.5 Å². The van der Waals surface area contributed by atoms with Crippen molar-refractivity contribution in [3.63, 3.8) is 0 Å². The fourth-order valence-corrected chi connectivity index (χ4v) is 3.29. The van der Waals surface area contributed by atoms with E-state index in [1.54, 1.807) is 44.2 Å². The molecule has 0 unspecified atom stereocenters. The molecule has 5 nitrogen and oxygen atoms in total. The maximum absolute atomic E-state index is 13.4. The number of nitrogens with one attached hydrogen (secondary N) is 1. The Morgan fingerprint density at radius 2 is 1.77 bits per heavy atom. The van der Waals surface area contributed by atoms with Crippen molar-refractivity contribution < 1.29 is 23.8 Å². The second-order valence-electron chi connectivity index (χ2n) is 6.57. The molecule has 1 heterocycles. The summed E-state index contributed by atoms with van der Waals surface area (Å²) in [6.45, 7) is 5.01. The van der Waals surface area contributed by atoms with Crippen LogP contribution in [0.4, 0.5) is 14.9 Å². The summed E-state index contributed by atoms with van der Waals surface area (Å²) in [6.07, 6.45) is -1.18. The van der Waals surface area contributed by atoms with Gasteiger partial charge in [-0.25, -0.2) is 9.18 Å². The monoisotopic (exact) mass is 355 g/mol. The zero-order valence-electron chi connectivity index (χ0n) is 14.6. The fraction of sp³-hybridized carbons (Fsp3) is 0.200. The Balaban J connectivity index is 2.26. The molecule has 2 aromatic rings. The van der Waals surface area contributed by atoms with Crippen LogP contribution in [0.15, 0.2) is 48.0 Å². The molecule has 0 bridgehead atoms. The summed E-state index contributed by atoms with van der Waals surface area (Å²) in [7, 11) is 0. The Morgan fingerprint density at radius 3 is 2.35 bits per heavy atom. The molecular formula is C20H18FNO4. The second kappa shape index (κ2) is 6.29. The summed E-state index contributed by atoms with van der Waals surface area (Å²) in [6, 6.07) is 10.8. The van der Waals surface area contributed by atoms with E-state index in [9.17, 15) is 14.0 Å². The van der Waals surface area contributed by atoms with Crippen LogP contribution < -0.4 is 10.1 Å². The van der Waals surface area contributed by atoms with Gasteiger partial charge in [-0.1, -0.05) is 12.1 Å². The van der Waals surface area contributed by atoms with Crippen molar-refractivity contribution >= 4 is 23.1 Å². The molecule has 0 saturated carbocycles. The number of anilines is 1. The Labute approximate surface area is 150 Å². The second-order valence-corrected chi connectivity index (χ2v) is 6.57. The highest BCUT2D eigenvalue weighted by Gasteiger charge is 2.38. The predicted molar refractivity (Wildman–Crippen MR) is 95.9 cm³/mol. The van der Waals surface area contributed by atoms with Crippen molar-refractivity contribution in [2.75, 3.05) is 5.32 Å². The minimum atomic E-state index is -1.18. The van der Waals surface area contributed by atoms with Crippen LogP contribution in [-0.2, 0) is 4.79 Å². The third kappa shape index (κ3) is 3.18. The molecule has 0 radical (unpaired) electrons. The minimum Gasteiger partial charge on any atom is -0.482 e. The zero-order valence-corrected chi connectivity index (χ0v) is 14.6. The number of rotatable bonds is 3. The molecular weight excluding hydrogens is 337 g/mol. The number of ether oxygens (including phenoxy) is 1. The first kappa shape index (κ1) is 17.7. The summed E-state index contributed by atoms with van der Waals surface area (Å²) in [5.74, 6) is -0.0652. The summed E-state index contributed by atoms with van der Waals surface area (Å²) in [5, 5.41) is 11.2. The minimum absolute atomic E-state index is 0.146. The van der Waals surface area contributed by atoms with Gasteiger partial charge in [-0.3, -0.25) is 10.1 Å². The van der Waals surface area contributed by atoms with Crippen molar-refractivity contribution in [2.24, 2.45) is 0 Å². The smallest absolute Gasteiger partial charge is 0.409 e. The van der Waals surface area contributed by atoms with E-state index in [1.807, 2.05) is 0 Å². The largest absolute Gasteiger partial charge is 0.482 e. The van der Waals surface area contributed by atoms with Crippen molar-refractivity contribution in [3.8, 4) is 5.75 Å². The topological polar surface area (TPSA) is 75.6 Å². The molecule has 0 saturated heterocycles. The molecule has 1 aliphatic rings. The van der Waals surface area contributed by atoms with Crippen LogP contribution in [0.1, 0.15) is 31.9 Å². The molecule has 0 aromatic heterocycles. The van der Waals surface area contributed by atoms with Gasteiger partial charge in [-0.05, 0) is 50.6 Å². The molecule has 0 aliphatic carbocycles. The van der Waals surface area contributed by atoms with Gasteiger partial charge in [0.25, 0.3) is 0 Å². The molecule has 3 rings (SSSR count). The van der Waals surface area contributed by atoms with E-state index in [-0.39, 0.29) is 11.6 Å². The van der Waals surface area contributed by atoms with Crippen LogP contribution in [0.25, 0.3) is 5.57 Å². The molecule has 26 heavy (non-hydrogen) atoms. The van der Waals surface area contributed by atoms with Gasteiger partial charge in [0.05, 0.1) is 0 Å². The summed E-state index contributed by atoms with van der Waals surface area (Å²) in [5.41, 5.74) is 1.91. The van der Waals surface area contributed by atoms with Crippen LogP contribution in [0, 0.1) is 5.82 Å². The van der Waals surface area contributed by atoms with E-state index in [1.165, 1.54) is 19.1 Å². The zero-order chi connectivity index (χ0) is 19.1. The quantitative estimate of drug-likeness (QED) is 0.851. The number of benzene rings is 2. The lowest BCUT2D eigenvalue weighted by atomic mass is 9.81. The number of halogens is 1. The maximum atomic E-state index is 13.4. The Bertz CT molecular complexity index is 929. The first-order valence-corrected chi connectivity index (χ1v) is 8.04. The van der Waals surface area contributed by atoms with Crippen LogP contribution in [-0.4, -0.2) is 22.6 Å². The number of amides is 1. The van der Waals surface area contributed by atoms with Gasteiger partial charge in [0.1, 0.15) is 17.2 Å². The average molecular weight is 355 g/mol. The van der Waals surface area contributed by atoms with Gasteiger partial charge in [-0.2, -0.15) is 0 Å². The lowest BCUT2D eigenvalue weighted by molar-refractivity contribution is -0.115. The number of hydrogen-bond donors (Lipinski definition) is 2. The van der Waals surface area contributed by atoms with E-state index >= 15 is 0 Å². The third-order valence-electron chi connectivity index (χ3n) is 4.20. The van der Waals surface area contributed by atoms with Crippen molar-refractivity contribution in [3.05, 3.63) is 65.0 Å². The Hall–Kier alpha value is -3.15. The van der Waals surface area contributed by atoms with Crippen LogP contribution >= 0.6 is 0 Å². The Morgan fingerprint density at radius 1 is 1.12 bits per heavy atom. The SMILES string of the molecule is CC(=O)C1=C(c2ccc(F)cc2)c2ccc(NC(=O)O)cc2OC1(C)C. The molecule has 0 fully saturated rings. The van der Waals surface area contributed by atoms with Gasteiger partial charge in [-0.15, -0.1) is 0 Å². The highest BCUT2D eigenvalue weighted by molar-refractivity contribution is 6.08. The normalized spacial score (nSPS) is 15.1. The van der Waals surface area contributed by atoms with E-state index in [0.717, 1.165) is 0 Å². The molecule has 134 valence electrons. The predicted octanol–water partition coefficient (Wildman–Crippen LogP) is 4.48. The lowest BCUT2D eigenvalue weighted by Crippen LogP contribution is -2.38. The first-order chi connectivity index (χ1) is 12.2. The number of carbonyl (C=O) groups excluding carboxylic acids is 1. The Kier molecular flexibility index (Phi) is 4.28. The first-order valence-electron chi connectivity index (χ1n) is 8.04. The van der Waals surface area contributed by atoms with Crippen molar-refractivity contribution in [2.45, 2.75) is 26.4 Å². The number of carboxylic acid groups (broad SMARTS) is 1. The van der Waals surface area contributed by atoms with Gasteiger partial charge >= 0.3 is 6.09 Å². The van der Waals surface area contributed by atoms with Crippen LogP contribution in [0.5, 0.6) is 5.75 Å². The van der Waals surface area contributed by atoms with Crippen molar-refractivity contribution in [1.82, 2.24) is 0 Å². The van der Waals surface area contributed by atoms with Gasteiger partial charge in [0.15, 0.2) is 5.78 Å². The van der Waals surface area contributed by atoms with E-state index in [0.29, 0.717) is 33.7 Å². The molecule has 2 aromatic carbocycles. The number of hydrogen-bond acceptors (Lipinski definition) is 3. The standard InChI is InChI=1S/C20H18FNO4/c1-11(23)18-17(12-4-6-13(21)7-5-12)15-9-8-14(22-19(24)25)10-16(15)26-20(18,2)3/h4-10,22H,1-3H3,(H,24,25). The number of ketones is 1. The number of fused-ring (bicyclic) bond motifs is 1. The number of carbonyl (C=O) groups is 2. The van der Waals surface area contributed by atoms with E-state index < -0.39 is 11.7 Å². The van der Waals surface area contributed by atoms with Crippen LogP contribution in [0.3, 0.4) is 0 Å². The molecule has 1 aliphatic heterocycles. The fourth-order valence-electron chi connectivity index (χ4n) is 3.29. The van der Waals surface area contributed by atoms with E-state index in [2.05, 4.69) is 5.32 Å². The molecule has 0 atom stereocenters. The highest BCUT2D eigenvalue weighted by atomic mass is 19.1.